The molecule has 8 heteroatoms. The number of nitrogens with one attached hydrogen (secondary N) is 1. The average Bonchev–Trinajstić information content (AvgIpc) is 3.11. The van der Waals surface area contributed by atoms with Gasteiger partial charge < -0.3 is 29.7 Å². The molecule has 27 heavy (non-hydrogen) atoms. The maximum atomic E-state index is 11.7. The number of anilines is 1. The Morgan fingerprint density at radius 1 is 1.33 bits per heavy atom. The summed E-state index contributed by atoms with van der Waals surface area (Å²) in [5.41, 5.74) is 0.655. The molecule has 1 aromatic carbocycles. The van der Waals surface area contributed by atoms with Gasteiger partial charge in [-0.2, -0.15) is 0 Å². The van der Waals surface area contributed by atoms with Crippen molar-refractivity contribution >= 4 is 11.8 Å². The highest BCUT2D eigenvalue weighted by Crippen LogP contribution is 2.30. The van der Waals surface area contributed by atoms with Crippen LogP contribution in [0.15, 0.2) is 28.8 Å². The minimum atomic E-state index is -1.09. The summed E-state index contributed by atoms with van der Waals surface area (Å²) < 4.78 is 10.4. The molecule has 3 N–H and O–H groups in total. The molecule has 1 saturated heterocycles. The predicted molar refractivity (Wildman–Crippen MR) is 100 cm³/mol. The summed E-state index contributed by atoms with van der Waals surface area (Å²) in [7, 11) is 1.57. The van der Waals surface area contributed by atoms with Crippen LogP contribution in [0.5, 0.6) is 5.75 Å². The van der Waals surface area contributed by atoms with E-state index in [1.165, 1.54) is 0 Å². The molecule has 1 fully saturated rings. The lowest BCUT2D eigenvalue weighted by atomic mass is 10.1. The average molecular weight is 375 g/mol. The number of rotatable bonds is 8. The second-order valence-corrected chi connectivity index (χ2v) is 6.62. The number of aromatic carboxylic acids is 1. The number of hydrogen-bond acceptors (Lipinski definition) is 7. The van der Waals surface area contributed by atoms with Crippen molar-refractivity contribution in [1.29, 1.82) is 0 Å². The van der Waals surface area contributed by atoms with Gasteiger partial charge in [-0.3, -0.25) is 0 Å². The van der Waals surface area contributed by atoms with Crippen molar-refractivity contribution in [3.05, 3.63) is 29.8 Å². The van der Waals surface area contributed by atoms with Gasteiger partial charge in [0.15, 0.2) is 17.1 Å². The molecular weight excluding hydrogens is 350 g/mol. The van der Waals surface area contributed by atoms with Gasteiger partial charge in [0.2, 0.25) is 0 Å². The van der Waals surface area contributed by atoms with Crippen LogP contribution in [-0.4, -0.2) is 65.6 Å². The normalized spacial score (nSPS) is 15.6. The number of aliphatic hydroxyl groups excluding tert-OH is 1. The van der Waals surface area contributed by atoms with Crippen LogP contribution in [0.4, 0.5) is 5.82 Å². The number of carbonyl (C=O) groups is 1. The summed E-state index contributed by atoms with van der Waals surface area (Å²) in [5.74, 6) is 0.0494. The van der Waals surface area contributed by atoms with E-state index in [0.29, 0.717) is 17.9 Å². The zero-order valence-electron chi connectivity index (χ0n) is 15.4. The molecule has 8 nitrogen and oxygen atoms in total. The number of piperidine rings is 1. The number of aromatic nitrogens is 1. The molecule has 3 rings (SSSR count). The maximum Gasteiger partial charge on any atom is 0.343 e. The molecule has 0 atom stereocenters. The largest absolute Gasteiger partial charge is 0.497 e. The van der Waals surface area contributed by atoms with Gasteiger partial charge in [0.1, 0.15) is 5.75 Å². The van der Waals surface area contributed by atoms with E-state index in [9.17, 15) is 15.0 Å². The van der Waals surface area contributed by atoms with Gasteiger partial charge in [-0.1, -0.05) is 5.16 Å². The second kappa shape index (κ2) is 8.88. The molecule has 2 heterocycles. The molecule has 0 radical (unpaired) electrons. The third-order valence-corrected chi connectivity index (χ3v) is 4.76. The molecule has 0 saturated carbocycles. The zero-order valence-corrected chi connectivity index (χ0v) is 15.4. The fraction of sp³-hybridized carbons (Fsp3) is 0.474. The Balaban J connectivity index is 1.60. The van der Waals surface area contributed by atoms with Gasteiger partial charge in [-0.15, -0.1) is 0 Å². The lowest BCUT2D eigenvalue weighted by Crippen LogP contribution is -2.36. The SMILES string of the molecule is COc1ccc(-c2onc(NCCCN3CCC(O)CC3)c2C(=O)O)cc1. The van der Waals surface area contributed by atoms with Crippen LogP contribution in [0.1, 0.15) is 29.6 Å². The first-order chi connectivity index (χ1) is 13.1. The number of nitrogens with zero attached hydrogens (tertiary/aromatic N) is 2. The topological polar surface area (TPSA) is 108 Å². The first-order valence-electron chi connectivity index (χ1n) is 9.10. The van der Waals surface area contributed by atoms with E-state index < -0.39 is 5.97 Å². The van der Waals surface area contributed by atoms with Crippen LogP contribution in [0.2, 0.25) is 0 Å². The first-order valence-corrected chi connectivity index (χ1v) is 9.10. The highest BCUT2D eigenvalue weighted by molar-refractivity contribution is 5.99. The fourth-order valence-corrected chi connectivity index (χ4v) is 3.20. The van der Waals surface area contributed by atoms with Crippen LogP contribution >= 0.6 is 0 Å². The van der Waals surface area contributed by atoms with Crippen LogP contribution in [0, 0.1) is 0 Å². The summed E-state index contributed by atoms with van der Waals surface area (Å²) >= 11 is 0. The molecule has 1 aliphatic rings. The second-order valence-electron chi connectivity index (χ2n) is 6.62. The Kier molecular flexibility index (Phi) is 6.31. The Morgan fingerprint density at radius 3 is 2.67 bits per heavy atom. The molecule has 146 valence electrons. The van der Waals surface area contributed by atoms with Crippen LogP contribution in [-0.2, 0) is 0 Å². The molecule has 2 aromatic rings. The molecule has 1 aromatic heterocycles. The Hall–Kier alpha value is -2.58. The number of methoxy groups -OCH3 is 1. The van der Waals surface area contributed by atoms with E-state index in [-0.39, 0.29) is 23.2 Å². The van der Waals surface area contributed by atoms with Crippen LogP contribution < -0.4 is 10.1 Å². The highest BCUT2D eigenvalue weighted by atomic mass is 16.5. The van der Waals surface area contributed by atoms with E-state index in [2.05, 4.69) is 15.4 Å². The van der Waals surface area contributed by atoms with Crippen molar-refractivity contribution in [1.82, 2.24) is 10.1 Å². The van der Waals surface area contributed by atoms with Crippen molar-refractivity contribution in [3.63, 3.8) is 0 Å². The molecule has 1 aliphatic heterocycles. The predicted octanol–water partition coefficient (Wildman–Crippen LogP) is 2.31. The number of likely N-dealkylation sites (tertiary alicyclic amines) is 1. The number of aliphatic hydroxyl groups is 1. The molecule has 0 aliphatic carbocycles. The summed E-state index contributed by atoms with van der Waals surface area (Å²) in [6.07, 6.45) is 2.29. The summed E-state index contributed by atoms with van der Waals surface area (Å²) in [6, 6.07) is 6.96. The van der Waals surface area contributed by atoms with Crippen molar-refractivity contribution in [2.75, 3.05) is 38.6 Å². The molecule has 0 amide bonds. The summed E-state index contributed by atoms with van der Waals surface area (Å²) in [6.45, 7) is 3.28. The van der Waals surface area contributed by atoms with Gasteiger partial charge >= 0.3 is 5.97 Å². The van der Waals surface area contributed by atoms with E-state index in [0.717, 1.165) is 38.9 Å². The smallest absolute Gasteiger partial charge is 0.343 e. The van der Waals surface area contributed by atoms with Crippen LogP contribution in [0.25, 0.3) is 11.3 Å². The van der Waals surface area contributed by atoms with E-state index in [1.807, 2.05) is 0 Å². The number of carboxylic acid groups (broad SMARTS) is 1. The summed E-state index contributed by atoms with van der Waals surface area (Å²) in [5, 5.41) is 26.1. The maximum absolute atomic E-state index is 11.7. The van der Waals surface area contributed by atoms with E-state index in [1.54, 1.807) is 31.4 Å². The molecule has 0 unspecified atom stereocenters. The zero-order chi connectivity index (χ0) is 19.2. The van der Waals surface area contributed by atoms with Gasteiger partial charge in [0, 0.05) is 25.2 Å². The minimum Gasteiger partial charge on any atom is -0.497 e. The van der Waals surface area contributed by atoms with Gasteiger partial charge in [-0.05, 0) is 50.1 Å². The molecular formula is C19H25N3O5. The van der Waals surface area contributed by atoms with Crippen molar-refractivity contribution in [2.24, 2.45) is 0 Å². The van der Waals surface area contributed by atoms with Gasteiger partial charge in [0.25, 0.3) is 0 Å². The number of hydrogen-bond donors (Lipinski definition) is 3. The molecule has 0 spiro atoms. The quantitative estimate of drug-likeness (QED) is 0.603. The lowest BCUT2D eigenvalue weighted by molar-refractivity contribution is 0.0698. The number of carboxylic acids is 1. The minimum absolute atomic E-state index is 0.0289. The van der Waals surface area contributed by atoms with Gasteiger partial charge in [0.05, 0.1) is 13.2 Å². The third kappa shape index (κ3) is 4.78. The van der Waals surface area contributed by atoms with Crippen molar-refractivity contribution < 1.29 is 24.3 Å². The Morgan fingerprint density at radius 2 is 2.04 bits per heavy atom. The first kappa shape index (κ1) is 19.2. The highest BCUT2D eigenvalue weighted by Gasteiger charge is 2.24. The van der Waals surface area contributed by atoms with E-state index >= 15 is 0 Å². The Bertz CT molecular complexity index is 751. The molecule has 0 bridgehead atoms. The lowest BCUT2D eigenvalue weighted by Gasteiger charge is -2.29. The number of ether oxygens (including phenoxy) is 1. The Labute approximate surface area is 157 Å². The van der Waals surface area contributed by atoms with Crippen molar-refractivity contribution in [3.8, 4) is 17.1 Å². The summed E-state index contributed by atoms with van der Waals surface area (Å²) in [4.78, 5) is 14.0. The van der Waals surface area contributed by atoms with E-state index in [4.69, 9.17) is 9.26 Å². The fourth-order valence-electron chi connectivity index (χ4n) is 3.20. The van der Waals surface area contributed by atoms with Gasteiger partial charge in [-0.25, -0.2) is 4.79 Å². The van der Waals surface area contributed by atoms with Crippen LogP contribution in [0.3, 0.4) is 0 Å². The third-order valence-electron chi connectivity index (χ3n) is 4.76. The van der Waals surface area contributed by atoms with Crippen molar-refractivity contribution in [2.45, 2.75) is 25.4 Å². The number of benzene rings is 1. The standard InChI is InChI=1S/C19H25N3O5/c1-26-15-5-3-13(4-6-15)17-16(19(24)25)18(21-27-17)20-9-2-10-22-11-7-14(23)8-12-22/h3-6,14,23H,2,7-12H2,1H3,(H,20,21)(H,24,25). The monoisotopic (exact) mass is 375 g/mol.